The average Bonchev–Trinajstić information content (AvgIpc) is 2.66. The van der Waals surface area contributed by atoms with E-state index in [1.165, 1.54) is 19.2 Å². The molecule has 2 rings (SSSR count). The third kappa shape index (κ3) is 2.99. The lowest BCUT2D eigenvalue weighted by atomic mass is 9.74. The van der Waals surface area contributed by atoms with Crippen molar-refractivity contribution in [2.24, 2.45) is 5.73 Å². The number of phenols is 1. The lowest BCUT2D eigenvalue weighted by molar-refractivity contribution is -0.386. The Hall–Kier alpha value is -1.84. The van der Waals surface area contributed by atoms with Crippen molar-refractivity contribution in [2.45, 2.75) is 44.8 Å². The van der Waals surface area contributed by atoms with Gasteiger partial charge in [-0.3, -0.25) is 10.1 Å². The Kier molecular flexibility index (Phi) is 4.31. The first-order chi connectivity index (χ1) is 10.5. The van der Waals surface area contributed by atoms with Gasteiger partial charge in [-0.15, -0.1) is 0 Å². The lowest BCUT2D eigenvalue weighted by Crippen LogP contribution is -2.41. The van der Waals surface area contributed by atoms with Crippen molar-refractivity contribution in [3.05, 3.63) is 27.8 Å². The molecule has 1 aliphatic heterocycles. The van der Waals surface area contributed by atoms with E-state index >= 15 is 0 Å². The van der Waals surface area contributed by atoms with Crippen LogP contribution in [-0.2, 0) is 9.31 Å². The number of hydrogen-bond donors (Lipinski definition) is 2. The summed E-state index contributed by atoms with van der Waals surface area (Å²) in [7, 11) is 0.539. The maximum absolute atomic E-state index is 11.1. The van der Waals surface area contributed by atoms with E-state index < -0.39 is 40.6 Å². The molecule has 9 heteroatoms. The molecule has 0 bridgehead atoms. The number of nitro groups is 1. The van der Waals surface area contributed by atoms with E-state index in [1.807, 2.05) is 27.7 Å². The highest BCUT2D eigenvalue weighted by Gasteiger charge is 2.53. The second-order valence-electron chi connectivity index (χ2n) is 6.50. The van der Waals surface area contributed by atoms with Crippen molar-refractivity contribution in [1.82, 2.24) is 0 Å². The van der Waals surface area contributed by atoms with Crippen LogP contribution in [0.3, 0.4) is 0 Å². The van der Waals surface area contributed by atoms with Gasteiger partial charge in [0.15, 0.2) is 5.75 Å². The molecular weight excluding hydrogens is 303 g/mol. The zero-order valence-corrected chi connectivity index (χ0v) is 13.8. The van der Waals surface area contributed by atoms with E-state index in [4.69, 9.17) is 19.8 Å². The predicted molar refractivity (Wildman–Crippen MR) is 84.3 cm³/mol. The molecule has 8 nitrogen and oxygen atoms in total. The first kappa shape index (κ1) is 17.5. The average molecular weight is 324 g/mol. The lowest BCUT2D eigenvalue weighted by Gasteiger charge is -2.32. The predicted octanol–water partition coefficient (Wildman–Crippen LogP) is 1.94. The van der Waals surface area contributed by atoms with Gasteiger partial charge < -0.3 is 24.9 Å². The van der Waals surface area contributed by atoms with Crippen molar-refractivity contribution in [3.63, 3.8) is 0 Å². The summed E-state index contributed by atoms with van der Waals surface area (Å²) in [5.41, 5.74) is 4.94. The van der Waals surface area contributed by atoms with Gasteiger partial charge in [0.25, 0.3) is 0 Å². The van der Waals surface area contributed by atoms with Crippen LogP contribution in [0.25, 0.3) is 0 Å². The van der Waals surface area contributed by atoms with Gasteiger partial charge >= 0.3 is 12.8 Å². The first-order valence-corrected chi connectivity index (χ1v) is 7.16. The van der Waals surface area contributed by atoms with Gasteiger partial charge in [0, 0.05) is 6.07 Å². The Morgan fingerprint density at radius 3 is 2.26 bits per heavy atom. The Bertz CT molecular complexity index is 618. The summed E-state index contributed by atoms with van der Waals surface area (Å²) < 4.78 is 16.7. The van der Waals surface area contributed by atoms with E-state index in [0.717, 1.165) is 0 Å². The van der Waals surface area contributed by atoms with Gasteiger partial charge in [-0.1, -0.05) is 0 Å². The Morgan fingerprint density at radius 2 is 1.83 bits per heavy atom. The highest BCUT2D eigenvalue weighted by Crippen LogP contribution is 2.42. The molecule has 1 saturated heterocycles. The zero-order valence-electron chi connectivity index (χ0n) is 13.8. The van der Waals surface area contributed by atoms with Gasteiger partial charge in [-0.25, -0.2) is 0 Å². The van der Waals surface area contributed by atoms with Gasteiger partial charge in [0.2, 0.25) is 5.75 Å². The third-order valence-corrected chi connectivity index (χ3v) is 4.44. The Labute approximate surface area is 134 Å². The normalized spacial score (nSPS) is 20.3. The fourth-order valence-electron chi connectivity index (χ4n) is 2.29. The topological polar surface area (TPSA) is 117 Å². The maximum Gasteiger partial charge on any atom is 0.480 e. The summed E-state index contributed by atoms with van der Waals surface area (Å²) in [6.45, 7) is 7.55. The van der Waals surface area contributed by atoms with Crippen LogP contribution in [0, 0.1) is 10.1 Å². The summed E-state index contributed by atoms with van der Waals surface area (Å²) in [6.07, 6.45) is 0. The molecule has 126 valence electrons. The molecule has 1 aromatic carbocycles. The van der Waals surface area contributed by atoms with E-state index in [1.54, 1.807) is 0 Å². The SMILES string of the molecule is COc1cc([C@H](N)B2OC(C)(C)C(C)(C)O2)cc([N+](=O)[O-])c1O. The number of nitro benzene ring substituents is 1. The van der Waals surface area contributed by atoms with Crippen LogP contribution in [0.15, 0.2) is 12.1 Å². The summed E-state index contributed by atoms with van der Waals surface area (Å²) >= 11 is 0. The second kappa shape index (κ2) is 5.66. The number of hydrogen-bond acceptors (Lipinski definition) is 7. The molecule has 1 fully saturated rings. The number of rotatable bonds is 4. The van der Waals surface area contributed by atoms with E-state index in [-0.39, 0.29) is 5.75 Å². The zero-order chi connectivity index (χ0) is 17.6. The van der Waals surface area contributed by atoms with Gasteiger partial charge in [-0.05, 0) is 39.3 Å². The molecule has 1 atom stereocenters. The molecule has 1 heterocycles. The largest absolute Gasteiger partial charge is 0.500 e. The van der Waals surface area contributed by atoms with E-state index in [2.05, 4.69) is 0 Å². The van der Waals surface area contributed by atoms with Crippen LogP contribution in [0.2, 0.25) is 0 Å². The second-order valence-corrected chi connectivity index (χ2v) is 6.50. The molecule has 1 aromatic rings. The number of phenolic OH excluding ortho intramolecular Hbond substituents is 1. The highest BCUT2D eigenvalue weighted by molar-refractivity contribution is 6.47. The van der Waals surface area contributed by atoms with Gasteiger partial charge in [0.1, 0.15) is 0 Å². The van der Waals surface area contributed by atoms with Crippen molar-refractivity contribution < 1.29 is 24.1 Å². The smallest absolute Gasteiger partial charge is 0.480 e. The molecular formula is C14H21BN2O6. The molecule has 3 N–H and O–H groups in total. The quantitative estimate of drug-likeness (QED) is 0.494. The molecule has 1 aliphatic rings. The minimum absolute atomic E-state index is 0.0267. The van der Waals surface area contributed by atoms with Crippen molar-refractivity contribution in [1.29, 1.82) is 0 Å². The van der Waals surface area contributed by atoms with Crippen LogP contribution in [0.4, 0.5) is 5.69 Å². The van der Waals surface area contributed by atoms with Crippen LogP contribution in [-0.4, -0.2) is 35.5 Å². The standard InChI is InChI=1S/C14H21BN2O6/c1-13(2)14(3,4)23-15(22-13)12(16)8-6-9(17(19)20)11(18)10(7-8)21-5/h6-7,12,18H,16H2,1-5H3/t12-/m0/s1. The first-order valence-electron chi connectivity index (χ1n) is 7.16. The molecule has 0 radical (unpaired) electrons. The summed E-state index contributed by atoms with van der Waals surface area (Å²) in [5, 5.41) is 20.9. The van der Waals surface area contributed by atoms with Gasteiger partial charge in [-0.2, -0.15) is 0 Å². The molecule has 0 aromatic heterocycles. The van der Waals surface area contributed by atoms with Crippen molar-refractivity contribution in [2.75, 3.05) is 7.11 Å². The van der Waals surface area contributed by atoms with Crippen molar-refractivity contribution in [3.8, 4) is 11.5 Å². The maximum atomic E-state index is 11.1. The van der Waals surface area contributed by atoms with Crippen LogP contribution < -0.4 is 10.5 Å². The summed E-state index contributed by atoms with van der Waals surface area (Å²) in [6, 6.07) is 2.64. The number of nitrogens with zero attached hydrogens (tertiary/aromatic N) is 1. The van der Waals surface area contributed by atoms with Crippen LogP contribution >= 0.6 is 0 Å². The summed E-state index contributed by atoms with van der Waals surface area (Å²) in [4.78, 5) is 10.4. The monoisotopic (exact) mass is 324 g/mol. The summed E-state index contributed by atoms with van der Waals surface area (Å²) in [5.74, 6) is -1.34. The fraction of sp³-hybridized carbons (Fsp3) is 0.571. The number of nitrogens with two attached hydrogens (primary N) is 1. The van der Waals surface area contributed by atoms with Gasteiger partial charge in [0.05, 0.1) is 29.2 Å². The molecule has 0 aliphatic carbocycles. The van der Waals surface area contributed by atoms with E-state index in [0.29, 0.717) is 5.56 Å². The Morgan fingerprint density at radius 1 is 1.30 bits per heavy atom. The highest BCUT2D eigenvalue weighted by atomic mass is 16.7. The minimum atomic E-state index is -0.774. The molecule has 0 unspecified atom stereocenters. The molecule has 0 amide bonds. The molecule has 23 heavy (non-hydrogen) atoms. The fourth-order valence-corrected chi connectivity index (χ4v) is 2.29. The van der Waals surface area contributed by atoms with E-state index in [9.17, 15) is 15.2 Å². The van der Waals surface area contributed by atoms with Crippen LogP contribution in [0.5, 0.6) is 11.5 Å². The van der Waals surface area contributed by atoms with Crippen molar-refractivity contribution >= 4 is 12.8 Å². The number of methoxy groups -OCH3 is 1. The molecule has 0 spiro atoms. The third-order valence-electron chi connectivity index (χ3n) is 4.44. The molecule has 0 saturated carbocycles. The van der Waals surface area contributed by atoms with Crippen LogP contribution in [0.1, 0.15) is 39.2 Å². The number of aromatic hydroxyl groups is 1. The minimum Gasteiger partial charge on any atom is -0.500 e. The Balaban J connectivity index is 2.39. The number of ether oxygens (including phenoxy) is 1. The number of benzene rings is 1.